The largest absolute Gasteiger partial charge is 0.309 e. The predicted octanol–water partition coefficient (Wildman–Crippen LogP) is 19.1. The summed E-state index contributed by atoms with van der Waals surface area (Å²) in [4.78, 5) is 0. The van der Waals surface area contributed by atoms with Gasteiger partial charge in [-0.1, -0.05) is 197 Å². The van der Waals surface area contributed by atoms with Crippen LogP contribution in [-0.4, -0.2) is 9.13 Å². The van der Waals surface area contributed by atoms with Crippen LogP contribution in [-0.2, 0) is 5.41 Å². The first-order valence-electron chi connectivity index (χ1n) is 25.6. The van der Waals surface area contributed by atoms with E-state index in [2.05, 4.69) is 254 Å². The number of aryl methyl sites for hydroxylation is 1. The molecule has 12 aromatic rings. The summed E-state index contributed by atoms with van der Waals surface area (Å²) >= 11 is 0. The van der Waals surface area contributed by atoms with Crippen molar-refractivity contribution in [1.82, 2.24) is 9.13 Å². The highest BCUT2D eigenvalue weighted by Gasteiger charge is 2.39. The first-order chi connectivity index (χ1) is 34.9. The third-order valence-electron chi connectivity index (χ3n) is 15.8. The topological polar surface area (TPSA) is 9.86 Å². The van der Waals surface area contributed by atoms with E-state index in [0.29, 0.717) is 0 Å². The number of aromatic nitrogens is 2. The van der Waals surface area contributed by atoms with Gasteiger partial charge in [0.15, 0.2) is 0 Å². The van der Waals surface area contributed by atoms with Crippen LogP contribution in [0.4, 0.5) is 0 Å². The van der Waals surface area contributed by atoms with Crippen LogP contribution in [0.3, 0.4) is 0 Å². The second-order valence-corrected chi connectivity index (χ2v) is 20.2. The molecule has 2 aromatic heterocycles. The van der Waals surface area contributed by atoms with Crippen molar-refractivity contribution < 1.29 is 0 Å². The van der Waals surface area contributed by atoms with Crippen molar-refractivity contribution in [3.8, 4) is 67.0 Å². The van der Waals surface area contributed by atoms with Crippen LogP contribution in [0.15, 0.2) is 224 Å². The molecule has 0 radical (unpaired) electrons. The summed E-state index contributed by atoms with van der Waals surface area (Å²) in [7, 11) is 0. The minimum absolute atomic E-state index is 0.100. The Hall–Kier alpha value is -8.20. The molecule has 0 saturated heterocycles. The van der Waals surface area contributed by atoms with E-state index in [-0.39, 0.29) is 5.41 Å². The van der Waals surface area contributed by atoms with Crippen LogP contribution in [0.25, 0.3) is 111 Å². The maximum atomic E-state index is 2.51. The maximum Gasteiger partial charge on any atom is 0.0541 e. The zero-order valence-electron chi connectivity index (χ0n) is 40.8. The highest BCUT2D eigenvalue weighted by atomic mass is 15.0. The molecule has 0 amide bonds. The molecule has 0 N–H and O–H groups in total. The monoisotopic (exact) mass is 912 g/mol. The Morgan fingerprint density at radius 2 is 0.761 bits per heavy atom. The van der Waals surface area contributed by atoms with Gasteiger partial charge in [-0.15, -0.1) is 0 Å². The fraction of sp³-hybridized carbons (Fsp3) is 0.130. The molecule has 1 unspecified atom stereocenters. The van der Waals surface area contributed by atoms with Gasteiger partial charge in [0.1, 0.15) is 0 Å². The van der Waals surface area contributed by atoms with Gasteiger partial charge < -0.3 is 9.13 Å². The van der Waals surface area contributed by atoms with Crippen molar-refractivity contribution in [1.29, 1.82) is 0 Å². The van der Waals surface area contributed by atoms with E-state index in [9.17, 15) is 0 Å². The number of benzene rings is 10. The molecule has 1 aliphatic carbocycles. The van der Waals surface area contributed by atoms with Gasteiger partial charge in [-0.2, -0.15) is 0 Å². The third-order valence-corrected chi connectivity index (χ3v) is 15.8. The molecule has 0 aliphatic heterocycles. The molecule has 1 aliphatic rings. The molecular formula is C69H56N2. The Morgan fingerprint density at radius 1 is 0.338 bits per heavy atom. The molecule has 0 spiro atoms. The van der Waals surface area contributed by atoms with E-state index in [4.69, 9.17) is 0 Å². The Kier molecular flexibility index (Phi) is 10.5. The first-order valence-corrected chi connectivity index (χ1v) is 25.6. The minimum atomic E-state index is -0.100. The van der Waals surface area contributed by atoms with E-state index >= 15 is 0 Å². The van der Waals surface area contributed by atoms with Gasteiger partial charge in [0.05, 0.1) is 22.1 Å². The average molecular weight is 913 g/mol. The summed E-state index contributed by atoms with van der Waals surface area (Å²) in [6.45, 7) is 6.98. The number of fused-ring (bicyclic) bond motifs is 9. The molecule has 0 fully saturated rings. The van der Waals surface area contributed by atoms with E-state index in [1.807, 2.05) is 0 Å². The molecule has 0 bridgehead atoms. The number of para-hydroxylation sites is 3. The van der Waals surface area contributed by atoms with Gasteiger partial charge in [0.2, 0.25) is 0 Å². The molecule has 10 aromatic carbocycles. The van der Waals surface area contributed by atoms with Crippen molar-refractivity contribution in [3.05, 3.63) is 241 Å². The molecule has 2 nitrogen and oxygen atoms in total. The lowest BCUT2D eigenvalue weighted by atomic mass is 9.75. The predicted molar refractivity (Wildman–Crippen MR) is 302 cm³/mol. The standard InChI is InChI=1S/C69H56N2/c1-4-5-6-13-40-69(3)63-44-53(47-26-33-55(34-27-47)70-65-23-10-7-20-59(65)60-21-8-11-24-66(60)70)30-37-57(63)58-38-31-54(45-64(58)69)48-28-35-56(36-29-48)71-67-25-12-9-22-61(67)62-43-52(32-39-68(62)71)51-19-15-18-50(42-51)49-17-14-16-46(2)41-49/h7-12,14-39,41-45H,4-6,13,40H2,1-3H3. The Morgan fingerprint density at radius 3 is 1.28 bits per heavy atom. The lowest BCUT2D eigenvalue weighted by molar-refractivity contribution is 0.487. The lowest BCUT2D eigenvalue weighted by Gasteiger charge is -2.28. The molecule has 0 saturated carbocycles. The number of hydrogen-bond donors (Lipinski definition) is 0. The molecule has 2 heterocycles. The Bertz CT molecular complexity index is 3940. The van der Waals surface area contributed by atoms with E-state index in [1.165, 1.54) is 153 Å². The van der Waals surface area contributed by atoms with Crippen molar-refractivity contribution in [2.45, 2.75) is 58.3 Å². The van der Waals surface area contributed by atoms with Gasteiger partial charge in [0, 0.05) is 38.3 Å². The third kappa shape index (κ3) is 7.23. The molecule has 2 heteroatoms. The normalized spacial score (nSPS) is 14.2. The SMILES string of the molecule is CCCCCCC1(C)c2cc(-c3ccc(-n4c5ccccc5c5ccccc54)cc3)ccc2-c2ccc(-c3ccc(-n4c5ccccc5c5cc(-c6cccc(-c7cccc(C)c7)c6)ccc54)cc3)cc21. The highest BCUT2D eigenvalue weighted by Crippen LogP contribution is 2.53. The van der Waals surface area contributed by atoms with Crippen LogP contribution in [0.5, 0.6) is 0 Å². The first kappa shape index (κ1) is 42.9. The van der Waals surface area contributed by atoms with E-state index in [1.54, 1.807) is 0 Å². The lowest BCUT2D eigenvalue weighted by Crippen LogP contribution is -2.20. The van der Waals surface area contributed by atoms with E-state index in [0.717, 1.165) is 6.42 Å². The van der Waals surface area contributed by atoms with Crippen molar-refractivity contribution >= 4 is 43.6 Å². The van der Waals surface area contributed by atoms with Crippen LogP contribution in [0.1, 0.15) is 62.6 Å². The van der Waals surface area contributed by atoms with Crippen LogP contribution >= 0.6 is 0 Å². The second-order valence-electron chi connectivity index (χ2n) is 20.2. The van der Waals surface area contributed by atoms with Gasteiger partial charge in [-0.25, -0.2) is 0 Å². The number of rotatable bonds is 11. The van der Waals surface area contributed by atoms with Crippen molar-refractivity contribution in [3.63, 3.8) is 0 Å². The molecule has 342 valence electrons. The van der Waals surface area contributed by atoms with Gasteiger partial charge in [0.25, 0.3) is 0 Å². The molecule has 1 atom stereocenters. The fourth-order valence-electron chi connectivity index (χ4n) is 12.1. The fourth-order valence-corrected chi connectivity index (χ4v) is 12.1. The van der Waals surface area contributed by atoms with E-state index < -0.39 is 0 Å². The zero-order valence-corrected chi connectivity index (χ0v) is 40.8. The highest BCUT2D eigenvalue weighted by molar-refractivity contribution is 6.11. The summed E-state index contributed by atoms with van der Waals surface area (Å²) in [5, 5.41) is 5.10. The van der Waals surface area contributed by atoms with Crippen molar-refractivity contribution in [2.75, 3.05) is 0 Å². The Balaban J connectivity index is 0.826. The zero-order chi connectivity index (χ0) is 47.6. The summed E-state index contributed by atoms with van der Waals surface area (Å²) in [5.41, 5.74) is 24.0. The smallest absolute Gasteiger partial charge is 0.0541 e. The molecule has 13 rings (SSSR count). The summed E-state index contributed by atoms with van der Waals surface area (Å²) in [5.74, 6) is 0. The summed E-state index contributed by atoms with van der Waals surface area (Å²) in [6, 6.07) is 84.0. The van der Waals surface area contributed by atoms with Gasteiger partial charge in [-0.3, -0.25) is 0 Å². The van der Waals surface area contributed by atoms with Crippen LogP contribution in [0, 0.1) is 6.92 Å². The maximum absolute atomic E-state index is 2.51. The number of nitrogens with zero attached hydrogens (tertiary/aromatic N) is 2. The Labute approximate surface area is 417 Å². The van der Waals surface area contributed by atoms with Gasteiger partial charge in [-0.05, 0) is 153 Å². The second kappa shape index (κ2) is 17.3. The minimum Gasteiger partial charge on any atom is -0.309 e. The summed E-state index contributed by atoms with van der Waals surface area (Å²) < 4.78 is 4.84. The quantitative estimate of drug-likeness (QED) is 0.114. The van der Waals surface area contributed by atoms with Gasteiger partial charge >= 0.3 is 0 Å². The van der Waals surface area contributed by atoms with Crippen LogP contribution in [0.2, 0.25) is 0 Å². The van der Waals surface area contributed by atoms with Crippen molar-refractivity contribution in [2.24, 2.45) is 0 Å². The summed E-state index contributed by atoms with van der Waals surface area (Å²) in [6.07, 6.45) is 6.10. The number of hydrogen-bond acceptors (Lipinski definition) is 0. The van der Waals surface area contributed by atoms with Crippen LogP contribution < -0.4 is 0 Å². The molecular weight excluding hydrogens is 857 g/mol. The molecule has 71 heavy (non-hydrogen) atoms. The average Bonchev–Trinajstić information content (AvgIpc) is 4.03. The number of unbranched alkanes of at least 4 members (excludes halogenated alkanes) is 3.